The van der Waals surface area contributed by atoms with E-state index in [0.717, 1.165) is 23.9 Å². The van der Waals surface area contributed by atoms with Crippen LogP contribution in [-0.2, 0) is 20.8 Å². The molecule has 2 aliphatic rings. The van der Waals surface area contributed by atoms with E-state index in [0.29, 0.717) is 5.75 Å². The summed E-state index contributed by atoms with van der Waals surface area (Å²) >= 11 is 12.8. The summed E-state index contributed by atoms with van der Waals surface area (Å²) in [6.07, 6.45) is 3.17. The standard InChI is InChI=1S/C20H17Cl2N5O4/c1-19(4-5-19)27-9-24-14-3-2-11(8-15(14)27)30-16-12(21)6-10(7-13(16)22)20(17(23)28)25-18(29)31-26-20/h2-3,6-9,26H,4-5H2,1H3,(H2,23,28)(H,25,29). The summed E-state index contributed by atoms with van der Waals surface area (Å²) in [7, 11) is 0. The highest BCUT2D eigenvalue weighted by atomic mass is 35.5. The number of hydrogen-bond donors (Lipinski definition) is 3. The highest BCUT2D eigenvalue weighted by molar-refractivity contribution is 6.37. The third kappa shape index (κ3) is 3.16. The number of ether oxygens (including phenoxy) is 1. The number of imidazole rings is 1. The minimum atomic E-state index is -1.80. The number of hydroxylamine groups is 1. The lowest BCUT2D eigenvalue weighted by molar-refractivity contribution is -0.127. The van der Waals surface area contributed by atoms with Gasteiger partial charge in [0.25, 0.3) is 5.91 Å². The fraction of sp³-hybridized carbons (Fsp3) is 0.250. The number of hydrogen-bond acceptors (Lipinski definition) is 6. The predicted molar refractivity (Wildman–Crippen MR) is 113 cm³/mol. The van der Waals surface area contributed by atoms with Gasteiger partial charge in [0.1, 0.15) is 5.75 Å². The van der Waals surface area contributed by atoms with Crippen molar-refractivity contribution in [3.05, 3.63) is 52.3 Å². The van der Waals surface area contributed by atoms with Gasteiger partial charge in [-0.15, -0.1) is 5.48 Å². The van der Waals surface area contributed by atoms with E-state index < -0.39 is 17.7 Å². The van der Waals surface area contributed by atoms with Gasteiger partial charge in [0.2, 0.25) is 5.66 Å². The number of amides is 2. The minimum absolute atomic E-state index is 0.0776. The van der Waals surface area contributed by atoms with Gasteiger partial charge >= 0.3 is 6.09 Å². The number of fused-ring (bicyclic) bond motifs is 1. The molecule has 9 nitrogen and oxygen atoms in total. The van der Waals surface area contributed by atoms with Crippen molar-refractivity contribution in [1.29, 1.82) is 0 Å². The van der Waals surface area contributed by atoms with Crippen molar-refractivity contribution in [2.75, 3.05) is 0 Å². The SMILES string of the molecule is CC1(n2cnc3ccc(Oc4c(Cl)cc(C5(C(N)=O)NOC(=O)N5)cc4Cl)cc32)CC1. The van der Waals surface area contributed by atoms with Gasteiger partial charge in [0.15, 0.2) is 5.75 Å². The molecule has 1 saturated heterocycles. The summed E-state index contributed by atoms with van der Waals surface area (Å²) in [5.41, 5.74) is 8.05. The Morgan fingerprint density at radius 1 is 1.26 bits per heavy atom. The molecule has 3 aromatic rings. The van der Waals surface area contributed by atoms with Crippen LogP contribution >= 0.6 is 23.2 Å². The number of nitrogens with zero attached hydrogens (tertiary/aromatic N) is 2. The number of nitrogens with two attached hydrogens (primary N) is 1. The van der Waals surface area contributed by atoms with Crippen LogP contribution in [0.2, 0.25) is 10.0 Å². The molecule has 0 radical (unpaired) electrons. The maximum Gasteiger partial charge on any atom is 0.428 e. The molecule has 1 aliphatic carbocycles. The summed E-state index contributed by atoms with van der Waals surface area (Å²) in [5.74, 6) is -0.179. The molecule has 1 aromatic heterocycles. The molecule has 2 heterocycles. The van der Waals surface area contributed by atoms with Crippen LogP contribution in [0.4, 0.5) is 4.79 Å². The lowest BCUT2D eigenvalue weighted by Crippen LogP contribution is -2.56. The summed E-state index contributed by atoms with van der Waals surface area (Å²) in [5, 5.41) is 2.57. The molecule has 160 valence electrons. The Bertz CT molecular complexity index is 1230. The minimum Gasteiger partial charge on any atom is -0.454 e. The van der Waals surface area contributed by atoms with Crippen molar-refractivity contribution in [3.63, 3.8) is 0 Å². The van der Waals surface area contributed by atoms with E-state index in [1.165, 1.54) is 12.1 Å². The Morgan fingerprint density at radius 2 is 1.97 bits per heavy atom. The van der Waals surface area contributed by atoms with Crippen LogP contribution in [0.3, 0.4) is 0 Å². The molecule has 31 heavy (non-hydrogen) atoms. The van der Waals surface area contributed by atoms with E-state index in [2.05, 4.69) is 32.1 Å². The number of carbonyl (C=O) groups excluding carboxylic acids is 2. The first-order valence-corrected chi connectivity index (χ1v) is 10.2. The molecule has 0 bridgehead atoms. The van der Waals surface area contributed by atoms with Crippen molar-refractivity contribution in [3.8, 4) is 11.5 Å². The van der Waals surface area contributed by atoms with Gasteiger partial charge in [0, 0.05) is 17.2 Å². The fourth-order valence-electron chi connectivity index (χ4n) is 3.61. The normalized spacial score (nSPS) is 21.6. The zero-order valence-electron chi connectivity index (χ0n) is 16.2. The average Bonchev–Trinajstić information content (AvgIpc) is 3.13. The largest absolute Gasteiger partial charge is 0.454 e. The van der Waals surface area contributed by atoms with E-state index >= 15 is 0 Å². The Kier molecular flexibility index (Phi) is 4.34. The predicted octanol–water partition coefficient (Wildman–Crippen LogP) is 3.53. The molecular formula is C20H17Cl2N5O4. The second-order valence-electron chi connectivity index (χ2n) is 7.86. The van der Waals surface area contributed by atoms with Crippen LogP contribution in [0.5, 0.6) is 11.5 Å². The molecule has 5 rings (SSSR count). The quantitative estimate of drug-likeness (QED) is 0.534. The topological polar surface area (TPSA) is 120 Å². The molecule has 1 unspecified atom stereocenters. The number of halogens is 2. The second kappa shape index (κ2) is 6.74. The number of primary amides is 1. The molecule has 2 amide bonds. The van der Waals surface area contributed by atoms with Crippen molar-refractivity contribution in [2.45, 2.75) is 31.0 Å². The Hall–Kier alpha value is -3.01. The van der Waals surface area contributed by atoms with Gasteiger partial charge in [-0.25, -0.2) is 9.78 Å². The van der Waals surface area contributed by atoms with E-state index in [1.54, 1.807) is 6.07 Å². The van der Waals surface area contributed by atoms with Crippen LogP contribution in [0.1, 0.15) is 25.3 Å². The average molecular weight is 462 g/mol. The zero-order chi connectivity index (χ0) is 22.0. The van der Waals surface area contributed by atoms with Gasteiger partial charge in [-0.3, -0.25) is 10.1 Å². The molecule has 1 atom stereocenters. The van der Waals surface area contributed by atoms with Crippen LogP contribution in [-0.4, -0.2) is 21.6 Å². The third-order valence-electron chi connectivity index (χ3n) is 5.68. The second-order valence-corrected chi connectivity index (χ2v) is 8.68. The van der Waals surface area contributed by atoms with E-state index in [-0.39, 0.29) is 26.9 Å². The van der Waals surface area contributed by atoms with Crippen molar-refractivity contribution in [2.24, 2.45) is 5.73 Å². The summed E-state index contributed by atoms with van der Waals surface area (Å²) < 4.78 is 8.12. The number of benzene rings is 2. The van der Waals surface area contributed by atoms with Crippen LogP contribution in [0.15, 0.2) is 36.7 Å². The molecular weight excluding hydrogens is 445 g/mol. The molecule has 1 aliphatic heterocycles. The first-order valence-electron chi connectivity index (χ1n) is 9.43. The highest BCUT2D eigenvalue weighted by Gasteiger charge is 2.47. The monoisotopic (exact) mass is 461 g/mol. The van der Waals surface area contributed by atoms with Gasteiger partial charge in [-0.1, -0.05) is 23.2 Å². The van der Waals surface area contributed by atoms with E-state index in [9.17, 15) is 9.59 Å². The van der Waals surface area contributed by atoms with Crippen LogP contribution in [0, 0.1) is 0 Å². The van der Waals surface area contributed by atoms with Gasteiger partial charge in [0.05, 0.1) is 27.4 Å². The molecule has 2 fully saturated rings. The Labute approximate surface area is 186 Å². The lowest BCUT2D eigenvalue weighted by atomic mass is 9.99. The lowest BCUT2D eigenvalue weighted by Gasteiger charge is -2.24. The Morgan fingerprint density at radius 3 is 2.55 bits per heavy atom. The smallest absolute Gasteiger partial charge is 0.428 e. The van der Waals surface area contributed by atoms with Gasteiger partial charge in [-0.05, 0) is 44.0 Å². The maximum absolute atomic E-state index is 12.0. The highest BCUT2D eigenvalue weighted by Crippen LogP contribution is 2.45. The van der Waals surface area contributed by atoms with Crippen LogP contribution < -0.4 is 21.3 Å². The molecule has 0 spiro atoms. The summed E-state index contributed by atoms with van der Waals surface area (Å²) in [4.78, 5) is 32.6. The van der Waals surface area contributed by atoms with E-state index in [4.69, 9.17) is 33.7 Å². The van der Waals surface area contributed by atoms with Crippen LogP contribution in [0.25, 0.3) is 11.0 Å². The zero-order valence-corrected chi connectivity index (χ0v) is 17.8. The number of nitrogens with one attached hydrogen (secondary N) is 2. The number of carbonyl (C=O) groups is 2. The van der Waals surface area contributed by atoms with Gasteiger partial charge < -0.3 is 19.9 Å². The first-order chi connectivity index (χ1) is 14.7. The Balaban J connectivity index is 1.50. The van der Waals surface area contributed by atoms with Crippen molar-refractivity contribution in [1.82, 2.24) is 20.3 Å². The maximum atomic E-state index is 12.0. The molecule has 2 aromatic carbocycles. The fourth-order valence-corrected chi connectivity index (χ4v) is 4.17. The summed E-state index contributed by atoms with van der Waals surface area (Å²) in [6.45, 7) is 2.18. The van der Waals surface area contributed by atoms with Crippen molar-refractivity contribution >= 4 is 46.2 Å². The number of aromatic nitrogens is 2. The van der Waals surface area contributed by atoms with Gasteiger partial charge in [-0.2, -0.15) is 0 Å². The number of rotatable bonds is 5. The van der Waals surface area contributed by atoms with Crippen molar-refractivity contribution < 1.29 is 19.2 Å². The first kappa shape index (κ1) is 19.9. The summed E-state index contributed by atoms with van der Waals surface area (Å²) in [6, 6.07) is 8.35. The molecule has 4 N–H and O–H groups in total. The third-order valence-corrected chi connectivity index (χ3v) is 6.24. The molecule has 11 heteroatoms. The van der Waals surface area contributed by atoms with E-state index in [1.807, 2.05) is 18.5 Å². The molecule has 1 saturated carbocycles.